The number of hydrogen-bond acceptors (Lipinski definition) is 2. The van der Waals surface area contributed by atoms with Crippen molar-refractivity contribution >= 4 is 0 Å². The lowest BCUT2D eigenvalue weighted by molar-refractivity contribution is 0.207. The molecule has 1 rings (SSSR count). The Morgan fingerprint density at radius 2 is 1.88 bits per heavy atom. The maximum absolute atomic E-state index is 5.85. The summed E-state index contributed by atoms with van der Waals surface area (Å²) in [6, 6.07) is 8.26. The van der Waals surface area contributed by atoms with Crippen LogP contribution in [-0.2, 0) is 0 Å². The van der Waals surface area contributed by atoms with E-state index < -0.39 is 0 Å². The van der Waals surface area contributed by atoms with E-state index in [0.29, 0.717) is 6.10 Å². The lowest BCUT2D eigenvalue weighted by Gasteiger charge is -2.14. The second-order valence-corrected chi connectivity index (χ2v) is 4.63. The van der Waals surface area contributed by atoms with Gasteiger partial charge in [-0.3, -0.25) is 0 Å². The van der Waals surface area contributed by atoms with E-state index >= 15 is 0 Å². The molecule has 0 fully saturated rings. The number of ether oxygens (including phenoxy) is 1. The Morgan fingerprint density at radius 3 is 2.53 bits per heavy atom. The Morgan fingerprint density at radius 1 is 1.18 bits per heavy atom. The fourth-order valence-electron chi connectivity index (χ4n) is 1.72. The molecular formula is C15H25NO. The Bertz CT molecular complexity index is 294. The van der Waals surface area contributed by atoms with Gasteiger partial charge < -0.3 is 10.1 Å². The molecule has 1 aromatic rings. The molecule has 0 radical (unpaired) electrons. The molecule has 0 heterocycles. The molecule has 2 nitrogen and oxygen atoms in total. The molecule has 0 saturated heterocycles. The van der Waals surface area contributed by atoms with Crippen molar-refractivity contribution in [2.45, 2.75) is 46.1 Å². The Balaban J connectivity index is 2.16. The number of hydrogen-bond donors (Lipinski definition) is 1. The lowest BCUT2D eigenvalue weighted by atomic mass is 10.2. The minimum absolute atomic E-state index is 0.293. The zero-order valence-corrected chi connectivity index (χ0v) is 11.3. The first-order valence-electron chi connectivity index (χ1n) is 6.66. The van der Waals surface area contributed by atoms with E-state index in [4.69, 9.17) is 4.74 Å². The first kappa shape index (κ1) is 14.0. The van der Waals surface area contributed by atoms with Crippen LogP contribution in [0, 0.1) is 6.92 Å². The molecule has 0 amide bonds. The van der Waals surface area contributed by atoms with E-state index in [2.05, 4.69) is 38.2 Å². The fourth-order valence-corrected chi connectivity index (χ4v) is 1.72. The van der Waals surface area contributed by atoms with E-state index in [1.807, 2.05) is 12.1 Å². The molecule has 1 unspecified atom stereocenters. The number of aryl methyl sites for hydroxylation is 1. The maximum atomic E-state index is 5.85. The Kier molecular flexibility index (Phi) is 6.71. The van der Waals surface area contributed by atoms with E-state index in [9.17, 15) is 0 Å². The quantitative estimate of drug-likeness (QED) is 0.696. The van der Waals surface area contributed by atoms with Crippen molar-refractivity contribution < 1.29 is 4.74 Å². The molecular weight excluding hydrogens is 210 g/mol. The summed E-state index contributed by atoms with van der Waals surface area (Å²) in [6.07, 6.45) is 3.77. The predicted molar refractivity (Wildman–Crippen MR) is 73.7 cm³/mol. The highest BCUT2D eigenvalue weighted by Crippen LogP contribution is 2.14. The van der Waals surface area contributed by atoms with Crippen molar-refractivity contribution in [1.82, 2.24) is 5.32 Å². The van der Waals surface area contributed by atoms with Crippen LogP contribution < -0.4 is 10.1 Å². The van der Waals surface area contributed by atoms with Crippen LogP contribution in [-0.4, -0.2) is 19.2 Å². The van der Waals surface area contributed by atoms with Gasteiger partial charge in [0, 0.05) is 0 Å². The average Bonchev–Trinajstić information content (AvgIpc) is 2.32. The molecule has 0 spiro atoms. The molecule has 0 aromatic heterocycles. The molecule has 1 N–H and O–H groups in total. The molecule has 0 aliphatic carbocycles. The van der Waals surface area contributed by atoms with Crippen LogP contribution in [0.4, 0.5) is 0 Å². The van der Waals surface area contributed by atoms with E-state index in [1.54, 1.807) is 0 Å². The highest BCUT2D eigenvalue weighted by molar-refractivity contribution is 5.26. The topological polar surface area (TPSA) is 21.3 Å². The first-order chi connectivity index (χ1) is 8.22. The van der Waals surface area contributed by atoms with Gasteiger partial charge in [-0.2, -0.15) is 0 Å². The van der Waals surface area contributed by atoms with Crippen LogP contribution in [0.3, 0.4) is 0 Å². The van der Waals surface area contributed by atoms with Gasteiger partial charge in [0.05, 0.1) is 6.10 Å². The van der Waals surface area contributed by atoms with Crippen molar-refractivity contribution in [1.29, 1.82) is 0 Å². The Labute approximate surface area is 105 Å². The predicted octanol–water partition coefficient (Wildman–Crippen LogP) is 3.54. The van der Waals surface area contributed by atoms with Crippen molar-refractivity contribution in [2.75, 3.05) is 13.1 Å². The van der Waals surface area contributed by atoms with Gasteiger partial charge in [-0.25, -0.2) is 0 Å². The second-order valence-electron chi connectivity index (χ2n) is 4.63. The third-order valence-electron chi connectivity index (χ3n) is 2.75. The third-order valence-corrected chi connectivity index (χ3v) is 2.75. The third kappa shape index (κ3) is 6.32. The van der Waals surface area contributed by atoms with Crippen LogP contribution in [0.1, 0.15) is 38.7 Å². The zero-order chi connectivity index (χ0) is 12.5. The summed E-state index contributed by atoms with van der Waals surface area (Å²) in [5.74, 6) is 0.976. The van der Waals surface area contributed by atoms with E-state index in [-0.39, 0.29) is 0 Å². The van der Waals surface area contributed by atoms with E-state index in [1.165, 1.54) is 18.4 Å². The van der Waals surface area contributed by atoms with Gasteiger partial charge in [0.25, 0.3) is 0 Å². The van der Waals surface area contributed by atoms with Crippen molar-refractivity contribution in [3.8, 4) is 5.75 Å². The fraction of sp³-hybridized carbons (Fsp3) is 0.600. The SMILES string of the molecule is CCCNCCCC(C)Oc1ccc(C)cc1. The zero-order valence-electron chi connectivity index (χ0n) is 11.3. The maximum Gasteiger partial charge on any atom is 0.119 e. The van der Waals surface area contributed by atoms with Crippen LogP contribution in [0.2, 0.25) is 0 Å². The molecule has 17 heavy (non-hydrogen) atoms. The highest BCUT2D eigenvalue weighted by Gasteiger charge is 2.03. The summed E-state index contributed by atoms with van der Waals surface area (Å²) in [4.78, 5) is 0. The van der Waals surface area contributed by atoms with Crippen molar-refractivity contribution in [2.24, 2.45) is 0 Å². The van der Waals surface area contributed by atoms with Gasteiger partial charge >= 0.3 is 0 Å². The highest BCUT2D eigenvalue weighted by atomic mass is 16.5. The standard InChI is InChI=1S/C15H25NO/c1-4-11-16-12-5-6-14(3)17-15-9-7-13(2)8-10-15/h7-10,14,16H,4-6,11-12H2,1-3H3. The molecule has 2 heteroatoms. The van der Waals surface area contributed by atoms with Crippen molar-refractivity contribution in [3.63, 3.8) is 0 Å². The van der Waals surface area contributed by atoms with Crippen LogP contribution in [0.5, 0.6) is 5.75 Å². The summed E-state index contributed by atoms with van der Waals surface area (Å²) in [7, 11) is 0. The van der Waals surface area contributed by atoms with Gasteiger partial charge in [-0.15, -0.1) is 0 Å². The molecule has 96 valence electrons. The monoisotopic (exact) mass is 235 g/mol. The summed E-state index contributed by atoms with van der Waals surface area (Å²) in [5, 5.41) is 3.41. The van der Waals surface area contributed by atoms with Crippen LogP contribution >= 0.6 is 0 Å². The Hall–Kier alpha value is -1.02. The van der Waals surface area contributed by atoms with Gasteiger partial charge in [0.1, 0.15) is 5.75 Å². The summed E-state index contributed by atoms with van der Waals surface area (Å²) < 4.78 is 5.85. The average molecular weight is 235 g/mol. The van der Waals surface area contributed by atoms with Gasteiger partial charge in [0.2, 0.25) is 0 Å². The number of benzene rings is 1. The minimum atomic E-state index is 0.293. The molecule has 0 aliphatic heterocycles. The summed E-state index contributed by atoms with van der Waals surface area (Å²) in [5.41, 5.74) is 1.27. The normalized spacial score (nSPS) is 12.4. The number of rotatable bonds is 8. The summed E-state index contributed by atoms with van der Waals surface area (Å²) >= 11 is 0. The minimum Gasteiger partial charge on any atom is -0.491 e. The van der Waals surface area contributed by atoms with Gasteiger partial charge in [-0.1, -0.05) is 24.6 Å². The smallest absolute Gasteiger partial charge is 0.119 e. The molecule has 1 aromatic carbocycles. The molecule has 1 atom stereocenters. The summed E-state index contributed by atoms with van der Waals surface area (Å²) in [6.45, 7) is 8.63. The van der Waals surface area contributed by atoms with Gasteiger partial charge in [-0.05, 0) is 58.3 Å². The lowest BCUT2D eigenvalue weighted by Crippen LogP contribution is -2.19. The molecule has 0 aliphatic rings. The van der Waals surface area contributed by atoms with E-state index in [0.717, 1.165) is 25.3 Å². The van der Waals surface area contributed by atoms with Gasteiger partial charge in [0.15, 0.2) is 0 Å². The number of nitrogens with one attached hydrogen (secondary N) is 1. The largest absolute Gasteiger partial charge is 0.491 e. The van der Waals surface area contributed by atoms with Crippen LogP contribution in [0.15, 0.2) is 24.3 Å². The van der Waals surface area contributed by atoms with Crippen LogP contribution in [0.25, 0.3) is 0 Å². The molecule has 0 saturated carbocycles. The second kappa shape index (κ2) is 8.13. The van der Waals surface area contributed by atoms with Crippen molar-refractivity contribution in [3.05, 3.63) is 29.8 Å². The first-order valence-corrected chi connectivity index (χ1v) is 6.66. The molecule has 0 bridgehead atoms.